The van der Waals surface area contributed by atoms with Gasteiger partial charge in [-0.25, -0.2) is 14.6 Å². The summed E-state index contributed by atoms with van der Waals surface area (Å²) in [6, 6.07) is 5.27. The van der Waals surface area contributed by atoms with Crippen LogP contribution in [-0.4, -0.2) is 68.9 Å². The van der Waals surface area contributed by atoms with Gasteiger partial charge in [0.1, 0.15) is 11.2 Å². The number of hydrogen-bond acceptors (Lipinski definition) is 6. The normalized spacial score (nSPS) is 20.6. The molecule has 3 aliphatic rings. The van der Waals surface area contributed by atoms with Gasteiger partial charge in [-0.1, -0.05) is 48.6 Å². The molecule has 246 valence electrons. The predicted octanol–water partition coefficient (Wildman–Crippen LogP) is 7.53. The number of alkyl carbamates (subject to hydrolysis) is 1. The number of benzene rings is 1. The number of allylic oxidation sites excluding steroid dienone is 6. The van der Waals surface area contributed by atoms with Crippen LogP contribution in [0, 0.1) is 0 Å². The lowest BCUT2D eigenvalue weighted by molar-refractivity contribution is 0.0367. The molecule has 0 bridgehead atoms. The quantitative estimate of drug-likeness (QED) is 0.254. The highest BCUT2D eigenvalue weighted by Crippen LogP contribution is 2.42. The Bertz CT molecular complexity index is 1540. The zero-order chi connectivity index (χ0) is 33.1. The molecule has 1 aromatic carbocycles. The number of halogens is 1. The summed E-state index contributed by atoms with van der Waals surface area (Å²) >= 11 is 6.70. The molecular formula is C36H46ClN5O4. The van der Waals surface area contributed by atoms with Crippen molar-refractivity contribution in [3.8, 4) is 0 Å². The number of carbonyl (C=O) groups is 2. The third kappa shape index (κ3) is 8.12. The van der Waals surface area contributed by atoms with Crippen LogP contribution in [0.2, 0.25) is 5.02 Å². The molecule has 1 N–H and O–H groups in total. The summed E-state index contributed by atoms with van der Waals surface area (Å²) in [6.45, 7) is 14.7. The SMILES string of the molecule is C=CC(=C\C=C/C)/C=C(\c1cc(Cl)ccc1[C@@H](C)N1CCN(C(=O)OC2(C)CC2)CC1)[C@@H](NC(=O)OC1(C)CC1)c1cncn1C. The van der Waals surface area contributed by atoms with E-state index in [2.05, 4.69) is 34.8 Å². The summed E-state index contributed by atoms with van der Waals surface area (Å²) in [7, 11) is 1.90. The first-order valence-corrected chi connectivity index (χ1v) is 16.5. The average molecular weight is 648 g/mol. The molecule has 3 fully saturated rings. The van der Waals surface area contributed by atoms with Gasteiger partial charge in [-0.3, -0.25) is 4.90 Å². The molecule has 46 heavy (non-hydrogen) atoms. The first-order valence-electron chi connectivity index (χ1n) is 16.1. The monoisotopic (exact) mass is 647 g/mol. The van der Waals surface area contributed by atoms with Gasteiger partial charge >= 0.3 is 12.2 Å². The molecule has 1 aliphatic heterocycles. The molecule has 2 aromatic rings. The van der Waals surface area contributed by atoms with Crippen molar-refractivity contribution in [3.63, 3.8) is 0 Å². The lowest BCUT2D eigenvalue weighted by Crippen LogP contribution is -2.50. The Hall–Kier alpha value is -3.82. The Morgan fingerprint density at radius 2 is 1.76 bits per heavy atom. The molecule has 2 amide bonds. The van der Waals surface area contributed by atoms with E-state index >= 15 is 0 Å². The number of nitrogens with one attached hydrogen (secondary N) is 1. The molecular weight excluding hydrogens is 602 g/mol. The number of hydrogen-bond donors (Lipinski definition) is 1. The summed E-state index contributed by atoms with van der Waals surface area (Å²) < 4.78 is 13.4. The van der Waals surface area contributed by atoms with E-state index in [1.807, 2.05) is 68.8 Å². The number of piperazine rings is 1. The lowest BCUT2D eigenvalue weighted by Gasteiger charge is -2.39. The van der Waals surface area contributed by atoms with Gasteiger partial charge in [-0.2, -0.15) is 0 Å². The van der Waals surface area contributed by atoms with Crippen LogP contribution in [0.1, 0.15) is 82.3 Å². The van der Waals surface area contributed by atoms with Crippen LogP contribution in [0.15, 0.2) is 73.3 Å². The van der Waals surface area contributed by atoms with E-state index in [0.717, 1.165) is 53.7 Å². The number of nitrogens with zero attached hydrogens (tertiary/aromatic N) is 4. The van der Waals surface area contributed by atoms with Crippen molar-refractivity contribution in [3.05, 3.63) is 95.1 Å². The summed E-state index contributed by atoms with van der Waals surface area (Å²) in [5.74, 6) is 0. The molecule has 0 spiro atoms. The third-order valence-electron chi connectivity index (χ3n) is 9.24. The van der Waals surface area contributed by atoms with Crippen LogP contribution in [-0.2, 0) is 16.5 Å². The van der Waals surface area contributed by atoms with Crippen LogP contribution < -0.4 is 5.32 Å². The zero-order valence-electron chi connectivity index (χ0n) is 27.6. The summed E-state index contributed by atoms with van der Waals surface area (Å²) in [5.41, 5.74) is 3.66. The number of rotatable bonds is 11. The van der Waals surface area contributed by atoms with E-state index in [0.29, 0.717) is 31.2 Å². The highest BCUT2D eigenvalue weighted by Gasteiger charge is 2.44. The second kappa shape index (κ2) is 13.9. The molecule has 2 saturated carbocycles. The molecule has 1 saturated heterocycles. The number of carbonyl (C=O) groups excluding carboxylic acids is 2. The van der Waals surface area contributed by atoms with Gasteiger partial charge in [-0.05, 0) is 93.9 Å². The van der Waals surface area contributed by atoms with Crippen LogP contribution in [0.3, 0.4) is 0 Å². The third-order valence-corrected chi connectivity index (χ3v) is 9.47. The van der Waals surface area contributed by atoms with Gasteiger partial charge in [0.2, 0.25) is 0 Å². The van der Waals surface area contributed by atoms with Crippen molar-refractivity contribution in [2.75, 3.05) is 26.2 Å². The van der Waals surface area contributed by atoms with Crippen molar-refractivity contribution in [1.82, 2.24) is 24.7 Å². The molecule has 10 heteroatoms. The summed E-state index contributed by atoms with van der Waals surface area (Å²) in [6.07, 6.45) is 16.0. The minimum absolute atomic E-state index is 0.0222. The Morgan fingerprint density at radius 1 is 1.09 bits per heavy atom. The van der Waals surface area contributed by atoms with Crippen LogP contribution in [0.25, 0.3) is 5.57 Å². The standard InChI is InChI=1S/C36H46ClN5O4/c1-7-9-10-26(8-2)21-30(32(31-23-38-24-40(31)6)39-33(43)45-35(4)13-14-35)29-22-27(37)11-12-28(29)25(3)41-17-19-42(20-18-41)34(44)46-36(5)15-16-36/h7-12,21-25,32H,2,13-20H2,1,3-6H3,(H,39,43)/b9-7-,26-10+,30-21+/t25-,32-/m1/s1. The molecule has 0 unspecified atom stereocenters. The van der Waals surface area contributed by atoms with Gasteiger partial charge in [0.15, 0.2) is 0 Å². The fourth-order valence-corrected chi connectivity index (χ4v) is 5.84. The number of aryl methyl sites for hydroxylation is 1. The van der Waals surface area contributed by atoms with Crippen LogP contribution in [0.5, 0.6) is 0 Å². The van der Waals surface area contributed by atoms with E-state index < -0.39 is 17.7 Å². The van der Waals surface area contributed by atoms with Gasteiger partial charge in [0.05, 0.1) is 24.3 Å². The Labute approximate surface area is 277 Å². The number of aromatic nitrogens is 2. The van der Waals surface area contributed by atoms with Gasteiger partial charge < -0.3 is 24.3 Å². The highest BCUT2D eigenvalue weighted by atomic mass is 35.5. The Balaban J connectivity index is 1.51. The van der Waals surface area contributed by atoms with Gasteiger partial charge in [0.25, 0.3) is 0 Å². The summed E-state index contributed by atoms with van der Waals surface area (Å²) in [4.78, 5) is 34.7. The number of imidazole rings is 1. The van der Waals surface area contributed by atoms with E-state index in [-0.39, 0.29) is 17.7 Å². The number of amides is 2. The molecule has 1 aromatic heterocycles. The van der Waals surface area contributed by atoms with Crippen molar-refractivity contribution < 1.29 is 19.1 Å². The minimum atomic E-state index is -0.615. The number of ether oxygens (including phenoxy) is 2. The zero-order valence-corrected chi connectivity index (χ0v) is 28.3. The van der Waals surface area contributed by atoms with E-state index in [4.69, 9.17) is 21.1 Å². The first-order chi connectivity index (χ1) is 21.9. The Kier molecular flexibility index (Phi) is 10.1. The molecule has 9 nitrogen and oxygen atoms in total. The van der Waals surface area contributed by atoms with Crippen LogP contribution in [0.4, 0.5) is 9.59 Å². The van der Waals surface area contributed by atoms with Crippen molar-refractivity contribution in [2.45, 2.75) is 76.7 Å². The van der Waals surface area contributed by atoms with Crippen molar-refractivity contribution >= 4 is 29.4 Å². The first kappa shape index (κ1) is 33.5. The lowest BCUT2D eigenvalue weighted by atomic mass is 9.88. The molecule has 5 rings (SSSR count). The van der Waals surface area contributed by atoms with Gasteiger partial charge in [-0.15, -0.1) is 0 Å². The molecule has 2 heterocycles. The average Bonchev–Trinajstić information content (AvgIpc) is 3.91. The predicted molar refractivity (Wildman–Crippen MR) is 181 cm³/mol. The summed E-state index contributed by atoms with van der Waals surface area (Å²) in [5, 5.41) is 3.74. The largest absolute Gasteiger partial charge is 0.443 e. The van der Waals surface area contributed by atoms with Gasteiger partial charge in [0, 0.05) is 44.3 Å². The smallest absolute Gasteiger partial charge is 0.410 e. The van der Waals surface area contributed by atoms with Crippen molar-refractivity contribution in [2.24, 2.45) is 7.05 Å². The maximum atomic E-state index is 13.4. The molecule has 2 atom stereocenters. The maximum absolute atomic E-state index is 13.4. The molecule has 0 radical (unpaired) electrons. The topological polar surface area (TPSA) is 88.9 Å². The Morgan fingerprint density at radius 3 is 2.35 bits per heavy atom. The second-order valence-electron chi connectivity index (χ2n) is 13.1. The van der Waals surface area contributed by atoms with Crippen molar-refractivity contribution in [1.29, 1.82) is 0 Å². The second-order valence-corrected chi connectivity index (χ2v) is 13.5. The fraction of sp³-hybridized carbons (Fsp3) is 0.472. The maximum Gasteiger partial charge on any atom is 0.410 e. The highest BCUT2D eigenvalue weighted by molar-refractivity contribution is 6.30. The molecule has 2 aliphatic carbocycles. The van der Waals surface area contributed by atoms with Crippen LogP contribution >= 0.6 is 11.6 Å². The van der Waals surface area contributed by atoms with E-state index in [9.17, 15) is 9.59 Å². The fourth-order valence-electron chi connectivity index (χ4n) is 5.67. The van der Waals surface area contributed by atoms with E-state index in [1.54, 1.807) is 23.5 Å². The van der Waals surface area contributed by atoms with E-state index in [1.165, 1.54) is 0 Å². The minimum Gasteiger partial charge on any atom is -0.443 e.